The van der Waals surface area contributed by atoms with Crippen molar-refractivity contribution in [1.82, 2.24) is 9.80 Å². The van der Waals surface area contributed by atoms with Gasteiger partial charge >= 0.3 is 0 Å². The molecule has 0 bridgehead atoms. The third-order valence-corrected chi connectivity index (χ3v) is 4.96. The van der Waals surface area contributed by atoms with Crippen molar-refractivity contribution in [3.63, 3.8) is 0 Å². The fraction of sp³-hybridized carbons (Fsp3) is 0.533. The predicted molar refractivity (Wildman–Crippen MR) is 84.6 cm³/mol. The molecular weight excluding hydrogens is 322 g/mol. The first kappa shape index (κ1) is 16.2. The van der Waals surface area contributed by atoms with Crippen molar-refractivity contribution in [3.8, 4) is 0 Å². The Morgan fingerprint density at radius 2 is 2.22 bits per heavy atom. The molecule has 2 atom stereocenters. The Bertz CT molecular complexity index is 639. The molecule has 0 spiro atoms. The highest BCUT2D eigenvalue weighted by Crippen LogP contribution is 2.28. The van der Waals surface area contributed by atoms with E-state index in [2.05, 4.69) is 4.90 Å². The molecule has 1 amide bonds. The number of carbonyl (C=O) groups is 1. The number of hydrogen-bond acceptors (Lipinski definition) is 5. The Kier molecular flexibility index (Phi) is 4.52. The zero-order chi connectivity index (χ0) is 16.6. The standard InChI is InChI=1S/C15H18ClN3O4/c16-13-6-10(3-4-14(13)19(22)23)15(21)18-8-11-2-1-5-17(11)7-12(18)9-20/h3-4,6,11-12,20H,1-2,5,7-9H2/t11-,12+/m0/s1. The van der Waals surface area contributed by atoms with Crippen molar-refractivity contribution in [2.45, 2.75) is 24.9 Å². The number of piperazine rings is 1. The van der Waals surface area contributed by atoms with Gasteiger partial charge in [-0.25, -0.2) is 0 Å². The molecule has 1 aromatic rings. The van der Waals surface area contributed by atoms with Gasteiger partial charge in [-0.3, -0.25) is 19.8 Å². The zero-order valence-electron chi connectivity index (χ0n) is 12.5. The maximum atomic E-state index is 12.8. The number of rotatable bonds is 3. The number of carbonyl (C=O) groups excluding carboxylic acids is 1. The Morgan fingerprint density at radius 1 is 1.43 bits per heavy atom. The molecule has 3 rings (SSSR count). The fourth-order valence-corrected chi connectivity index (χ4v) is 3.70. The number of aliphatic hydroxyl groups is 1. The predicted octanol–water partition coefficient (Wildman–Crippen LogP) is 1.53. The second-order valence-electron chi connectivity index (χ2n) is 6.01. The highest BCUT2D eigenvalue weighted by atomic mass is 35.5. The molecule has 0 unspecified atom stereocenters. The van der Waals surface area contributed by atoms with Gasteiger partial charge in [-0.15, -0.1) is 0 Å². The fourth-order valence-electron chi connectivity index (χ4n) is 3.45. The lowest BCUT2D eigenvalue weighted by molar-refractivity contribution is -0.384. The van der Waals surface area contributed by atoms with Gasteiger partial charge in [0.25, 0.3) is 11.6 Å². The van der Waals surface area contributed by atoms with Crippen LogP contribution in [-0.4, -0.2) is 64.1 Å². The second-order valence-corrected chi connectivity index (χ2v) is 6.42. The molecule has 2 aliphatic heterocycles. The summed E-state index contributed by atoms with van der Waals surface area (Å²) in [4.78, 5) is 27.0. The summed E-state index contributed by atoms with van der Waals surface area (Å²) in [5.74, 6) is -0.243. The summed E-state index contributed by atoms with van der Waals surface area (Å²) < 4.78 is 0. The molecule has 2 saturated heterocycles. The van der Waals surface area contributed by atoms with Crippen LogP contribution in [-0.2, 0) is 0 Å². The van der Waals surface area contributed by atoms with Crippen molar-refractivity contribution in [2.24, 2.45) is 0 Å². The first-order valence-electron chi connectivity index (χ1n) is 7.61. The summed E-state index contributed by atoms with van der Waals surface area (Å²) >= 11 is 5.90. The summed E-state index contributed by atoms with van der Waals surface area (Å²) in [7, 11) is 0. The van der Waals surface area contributed by atoms with Gasteiger partial charge in [0, 0.05) is 30.8 Å². The lowest BCUT2D eigenvalue weighted by Crippen LogP contribution is -2.59. The lowest BCUT2D eigenvalue weighted by atomic mass is 10.1. The SMILES string of the molecule is O=C(c1ccc([N+](=O)[O-])c(Cl)c1)N1C[C@@H]2CCCN2C[C@@H]1CO. The van der Waals surface area contributed by atoms with Crippen molar-refractivity contribution in [2.75, 3.05) is 26.2 Å². The summed E-state index contributed by atoms with van der Waals surface area (Å²) in [5.41, 5.74) is 0.0908. The largest absolute Gasteiger partial charge is 0.394 e. The van der Waals surface area contributed by atoms with Crippen molar-refractivity contribution < 1.29 is 14.8 Å². The topological polar surface area (TPSA) is 86.9 Å². The van der Waals surface area contributed by atoms with Gasteiger partial charge in [0.2, 0.25) is 0 Å². The van der Waals surface area contributed by atoms with E-state index in [0.717, 1.165) is 19.4 Å². The summed E-state index contributed by atoms with van der Waals surface area (Å²) in [6.07, 6.45) is 2.15. The second kappa shape index (κ2) is 6.43. The summed E-state index contributed by atoms with van der Waals surface area (Å²) in [5, 5.41) is 20.4. The molecule has 0 aromatic heterocycles. The Labute approximate surface area is 138 Å². The third-order valence-electron chi connectivity index (χ3n) is 4.66. The van der Waals surface area contributed by atoms with Crippen LogP contribution in [0.4, 0.5) is 5.69 Å². The van der Waals surface area contributed by atoms with Crippen LogP contribution in [0.15, 0.2) is 18.2 Å². The van der Waals surface area contributed by atoms with Gasteiger partial charge in [0.05, 0.1) is 17.6 Å². The van der Waals surface area contributed by atoms with Gasteiger partial charge in [0.1, 0.15) is 5.02 Å². The molecule has 0 aliphatic carbocycles. The first-order valence-corrected chi connectivity index (χ1v) is 7.99. The minimum atomic E-state index is -0.579. The number of fused-ring (bicyclic) bond motifs is 1. The average molecular weight is 340 g/mol. The molecule has 0 saturated carbocycles. The van der Waals surface area contributed by atoms with E-state index < -0.39 is 4.92 Å². The van der Waals surface area contributed by atoms with Crippen LogP contribution in [0.5, 0.6) is 0 Å². The molecule has 2 heterocycles. The number of hydrogen-bond donors (Lipinski definition) is 1. The van der Waals surface area contributed by atoms with E-state index in [9.17, 15) is 20.0 Å². The summed E-state index contributed by atoms with van der Waals surface area (Å²) in [6, 6.07) is 4.07. The number of halogens is 1. The minimum absolute atomic E-state index is 0.0547. The van der Waals surface area contributed by atoms with Crippen LogP contribution < -0.4 is 0 Å². The van der Waals surface area contributed by atoms with Crippen LogP contribution in [0.2, 0.25) is 5.02 Å². The monoisotopic (exact) mass is 339 g/mol. The third kappa shape index (κ3) is 3.04. The molecule has 2 aliphatic rings. The average Bonchev–Trinajstić information content (AvgIpc) is 2.99. The Hall–Kier alpha value is -1.70. The molecule has 2 fully saturated rings. The lowest BCUT2D eigenvalue weighted by Gasteiger charge is -2.43. The summed E-state index contributed by atoms with van der Waals surface area (Å²) in [6.45, 7) is 2.13. The van der Waals surface area contributed by atoms with E-state index in [4.69, 9.17) is 11.6 Å². The molecule has 8 heteroatoms. The van der Waals surface area contributed by atoms with Gasteiger partial charge in [-0.1, -0.05) is 11.6 Å². The van der Waals surface area contributed by atoms with Crippen molar-refractivity contribution in [3.05, 3.63) is 38.9 Å². The van der Waals surface area contributed by atoms with Gasteiger partial charge in [-0.05, 0) is 31.5 Å². The Balaban J connectivity index is 1.83. The number of benzene rings is 1. The normalized spacial score (nSPS) is 24.5. The van der Waals surface area contributed by atoms with E-state index in [1.165, 1.54) is 18.2 Å². The molecule has 124 valence electrons. The van der Waals surface area contributed by atoms with Crippen LogP contribution in [0, 0.1) is 10.1 Å². The maximum absolute atomic E-state index is 12.8. The molecule has 1 N–H and O–H groups in total. The number of nitro benzene ring substituents is 1. The molecule has 23 heavy (non-hydrogen) atoms. The van der Waals surface area contributed by atoms with Gasteiger partial charge in [-0.2, -0.15) is 0 Å². The van der Waals surface area contributed by atoms with E-state index in [-0.39, 0.29) is 29.3 Å². The molecule has 7 nitrogen and oxygen atoms in total. The maximum Gasteiger partial charge on any atom is 0.287 e. The van der Waals surface area contributed by atoms with Crippen LogP contribution in [0.1, 0.15) is 23.2 Å². The van der Waals surface area contributed by atoms with Crippen LogP contribution in [0.25, 0.3) is 0 Å². The first-order chi connectivity index (χ1) is 11.0. The van der Waals surface area contributed by atoms with E-state index >= 15 is 0 Å². The highest BCUT2D eigenvalue weighted by Gasteiger charge is 2.38. The van der Waals surface area contributed by atoms with E-state index in [0.29, 0.717) is 24.7 Å². The number of amides is 1. The van der Waals surface area contributed by atoms with Crippen LogP contribution in [0.3, 0.4) is 0 Å². The highest BCUT2D eigenvalue weighted by molar-refractivity contribution is 6.33. The quantitative estimate of drug-likeness (QED) is 0.666. The minimum Gasteiger partial charge on any atom is -0.394 e. The number of nitrogens with zero attached hydrogens (tertiary/aromatic N) is 3. The van der Waals surface area contributed by atoms with E-state index in [1.54, 1.807) is 4.90 Å². The van der Waals surface area contributed by atoms with Crippen molar-refractivity contribution in [1.29, 1.82) is 0 Å². The smallest absolute Gasteiger partial charge is 0.287 e. The van der Waals surface area contributed by atoms with Gasteiger partial charge in [0.15, 0.2) is 0 Å². The zero-order valence-corrected chi connectivity index (χ0v) is 13.3. The van der Waals surface area contributed by atoms with E-state index in [1.807, 2.05) is 0 Å². The van der Waals surface area contributed by atoms with Gasteiger partial charge < -0.3 is 10.0 Å². The molecule has 0 radical (unpaired) electrons. The molecule has 1 aromatic carbocycles. The Morgan fingerprint density at radius 3 is 2.87 bits per heavy atom. The molecular formula is C15H18ClN3O4. The van der Waals surface area contributed by atoms with Crippen molar-refractivity contribution >= 4 is 23.2 Å². The number of nitro groups is 1. The van der Waals surface area contributed by atoms with Crippen LogP contribution >= 0.6 is 11.6 Å². The number of aliphatic hydroxyl groups excluding tert-OH is 1.